The summed E-state index contributed by atoms with van der Waals surface area (Å²) in [7, 11) is 1.46. The predicted octanol–water partition coefficient (Wildman–Crippen LogP) is 0.918. The smallest absolute Gasteiger partial charge is 0.338 e. The maximum absolute atomic E-state index is 12.0. The molecule has 0 bridgehead atoms. The van der Waals surface area contributed by atoms with Gasteiger partial charge in [-0.2, -0.15) is 0 Å². The molecule has 1 N–H and O–H groups in total. The van der Waals surface area contributed by atoms with E-state index in [0.29, 0.717) is 13.1 Å². The van der Waals surface area contributed by atoms with Crippen molar-refractivity contribution in [1.82, 2.24) is 9.80 Å². The van der Waals surface area contributed by atoms with E-state index in [0.717, 1.165) is 12.3 Å². The fourth-order valence-corrected chi connectivity index (χ4v) is 1.70. The van der Waals surface area contributed by atoms with Gasteiger partial charge in [-0.1, -0.05) is 0 Å². The van der Waals surface area contributed by atoms with Crippen LogP contribution in [0.4, 0.5) is 0 Å². The van der Waals surface area contributed by atoms with Crippen LogP contribution in [0.5, 0.6) is 0 Å². The van der Waals surface area contributed by atoms with Crippen molar-refractivity contribution in [1.29, 1.82) is 0 Å². The van der Waals surface area contributed by atoms with Gasteiger partial charge in [0.05, 0.1) is 12.1 Å². The lowest BCUT2D eigenvalue weighted by Crippen LogP contribution is -2.40. The molecule has 0 aliphatic carbocycles. The van der Waals surface area contributed by atoms with Crippen LogP contribution in [-0.4, -0.2) is 59.4 Å². The number of carbonyl (C=O) groups is 3. The van der Waals surface area contributed by atoms with Gasteiger partial charge in [-0.15, -0.1) is 0 Å². The van der Waals surface area contributed by atoms with Gasteiger partial charge < -0.3 is 19.3 Å². The standard InChI is InChI=1S/C13H18N2O5/c1-4-15(5-2)11(16)7-14(3)12(17)10-6-9(8-20-10)13(18)19/h6,8H,4-5,7H2,1-3H3,(H,18,19). The van der Waals surface area contributed by atoms with E-state index < -0.39 is 11.9 Å². The fourth-order valence-electron chi connectivity index (χ4n) is 1.70. The molecule has 0 aromatic carbocycles. The van der Waals surface area contributed by atoms with Crippen molar-refractivity contribution in [2.45, 2.75) is 13.8 Å². The first-order chi connectivity index (χ1) is 9.40. The van der Waals surface area contributed by atoms with E-state index in [1.807, 2.05) is 13.8 Å². The van der Waals surface area contributed by atoms with E-state index in [1.165, 1.54) is 11.9 Å². The third-order valence-electron chi connectivity index (χ3n) is 2.89. The van der Waals surface area contributed by atoms with Crippen molar-refractivity contribution >= 4 is 17.8 Å². The molecule has 1 aromatic heterocycles. The molecule has 0 radical (unpaired) electrons. The highest BCUT2D eigenvalue weighted by Gasteiger charge is 2.21. The maximum atomic E-state index is 12.0. The van der Waals surface area contributed by atoms with Crippen LogP contribution in [0, 0.1) is 0 Å². The largest absolute Gasteiger partial charge is 0.478 e. The molecule has 2 amide bonds. The van der Waals surface area contributed by atoms with Gasteiger partial charge in [0.1, 0.15) is 6.26 Å². The lowest BCUT2D eigenvalue weighted by Gasteiger charge is -2.22. The third-order valence-corrected chi connectivity index (χ3v) is 2.89. The number of hydrogen-bond acceptors (Lipinski definition) is 4. The monoisotopic (exact) mass is 282 g/mol. The molecular formula is C13H18N2O5. The topological polar surface area (TPSA) is 91.1 Å². The second-order valence-electron chi connectivity index (χ2n) is 4.23. The second-order valence-corrected chi connectivity index (χ2v) is 4.23. The first kappa shape index (κ1) is 15.7. The molecule has 20 heavy (non-hydrogen) atoms. The normalized spacial score (nSPS) is 10.2. The maximum Gasteiger partial charge on any atom is 0.338 e. The summed E-state index contributed by atoms with van der Waals surface area (Å²) in [5, 5.41) is 8.75. The number of rotatable bonds is 6. The van der Waals surface area contributed by atoms with Crippen molar-refractivity contribution < 1.29 is 23.9 Å². The molecule has 0 aliphatic rings. The Morgan fingerprint density at radius 1 is 1.25 bits per heavy atom. The molecule has 7 nitrogen and oxygen atoms in total. The van der Waals surface area contributed by atoms with Crippen molar-refractivity contribution in [3.8, 4) is 0 Å². The molecule has 1 aromatic rings. The van der Waals surface area contributed by atoms with Crippen molar-refractivity contribution in [3.05, 3.63) is 23.7 Å². The average molecular weight is 282 g/mol. The number of carboxylic acids is 1. The first-order valence-electron chi connectivity index (χ1n) is 6.25. The zero-order valence-corrected chi connectivity index (χ0v) is 11.8. The molecule has 0 unspecified atom stereocenters. The molecule has 110 valence electrons. The van der Waals surface area contributed by atoms with E-state index in [-0.39, 0.29) is 23.8 Å². The number of nitrogens with zero attached hydrogens (tertiary/aromatic N) is 2. The zero-order chi connectivity index (χ0) is 15.3. The van der Waals surface area contributed by atoms with Crippen LogP contribution in [-0.2, 0) is 4.79 Å². The highest BCUT2D eigenvalue weighted by atomic mass is 16.4. The Morgan fingerprint density at radius 3 is 2.30 bits per heavy atom. The number of aromatic carboxylic acids is 1. The Bertz CT molecular complexity index is 505. The molecule has 7 heteroatoms. The minimum Gasteiger partial charge on any atom is -0.478 e. The van der Waals surface area contributed by atoms with Gasteiger partial charge in [0.15, 0.2) is 5.76 Å². The highest BCUT2D eigenvalue weighted by molar-refractivity contribution is 5.96. The molecule has 1 heterocycles. The lowest BCUT2D eigenvalue weighted by atomic mass is 10.3. The van der Waals surface area contributed by atoms with Gasteiger partial charge in [0.2, 0.25) is 5.91 Å². The Kier molecular flexibility index (Phi) is 5.31. The Labute approximate surface area is 116 Å². The van der Waals surface area contributed by atoms with Crippen LogP contribution in [0.3, 0.4) is 0 Å². The SMILES string of the molecule is CCN(CC)C(=O)CN(C)C(=O)c1cc(C(=O)O)co1. The molecule has 0 aliphatic heterocycles. The average Bonchev–Trinajstić information content (AvgIpc) is 2.88. The number of carboxylic acid groups (broad SMARTS) is 1. The molecular weight excluding hydrogens is 264 g/mol. The second kappa shape index (κ2) is 6.74. The zero-order valence-electron chi connectivity index (χ0n) is 11.8. The molecule has 0 spiro atoms. The van der Waals surface area contributed by atoms with Crippen LogP contribution in [0.25, 0.3) is 0 Å². The lowest BCUT2D eigenvalue weighted by molar-refractivity contribution is -0.131. The summed E-state index contributed by atoms with van der Waals surface area (Å²) in [6.45, 7) is 4.77. The first-order valence-corrected chi connectivity index (χ1v) is 6.25. The quantitative estimate of drug-likeness (QED) is 0.837. The van der Waals surface area contributed by atoms with E-state index >= 15 is 0 Å². The van der Waals surface area contributed by atoms with E-state index in [2.05, 4.69) is 0 Å². The number of likely N-dealkylation sites (N-methyl/N-ethyl adjacent to an activating group) is 2. The van der Waals surface area contributed by atoms with Crippen LogP contribution in [0.2, 0.25) is 0 Å². The van der Waals surface area contributed by atoms with Gasteiger partial charge in [0.25, 0.3) is 5.91 Å². The van der Waals surface area contributed by atoms with Crippen molar-refractivity contribution in [2.24, 2.45) is 0 Å². The van der Waals surface area contributed by atoms with Gasteiger partial charge in [-0.25, -0.2) is 4.79 Å². The Morgan fingerprint density at radius 2 is 1.85 bits per heavy atom. The molecule has 0 saturated carbocycles. The van der Waals surface area contributed by atoms with E-state index in [4.69, 9.17) is 9.52 Å². The van der Waals surface area contributed by atoms with Crippen LogP contribution in [0.15, 0.2) is 16.7 Å². The summed E-state index contributed by atoms with van der Waals surface area (Å²) in [4.78, 5) is 37.4. The van der Waals surface area contributed by atoms with Crippen LogP contribution < -0.4 is 0 Å². The summed E-state index contributed by atoms with van der Waals surface area (Å²) in [6, 6.07) is 1.14. The summed E-state index contributed by atoms with van der Waals surface area (Å²) in [6.07, 6.45) is 0.996. The van der Waals surface area contributed by atoms with Gasteiger partial charge >= 0.3 is 5.97 Å². The highest BCUT2D eigenvalue weighted by Crippen LogP contribution is 2.10. The van der Waals surface area contributed by atoms with Crippen molar-refractivity contribution in [3.63, 3.8) is 0 Å². The van der Waals surface area contributed by atoms with Crippen molar-refractivity contribution in [2.75, 3.05) is 26.7 Å². The predicted molar refractivity (Wildman–Crippen MR) is 70.6 cm³/mol. The molecule has 1 rings (SSSR count). The van der Waals surface area contributed by atoms with Crippen LogP contribution >= 0.6 is 0 Å². The Hall–Kier alpha value is -2.31. The minimum absolute atomic E-state index is 0.0797. The summed E-state index contributed by atoms with van der Waals surface area (Å²) in [5.41, 5.74) is -0.100. The summed E-state index contributed by atoms with van der Waals surface area (Å²) < 4.78 is 4.91. The fraction of sp³-hybridized carbons (Fsp3) is 0.462. The number of hydrogen-bond donors (Lipinski definition) is 1. The van der Waals surface area contributed by atoms with Crippen LogP contribution in [0.1, 0.15) is 34.8 Å². The minimum atomic E-state index is -1.17. The van der Waals surface area contributed by atoms with Gasteiger partial charge in [-0.05, 0) is 13.8 Å². The van der Waals surface area contributed by atoms with E-state index in [1.54, 1.807) is 4.90 Å². The van der Waals surface area contributed by atoms with Gasteiger partial charge in [0, 0.05) is 26.2 Å². The third kappa shape index (κ3) is 3.59. The number of carbonyl (C=O) groups excluding carboxylic acids is 2. The number of amides is 2. The number of furan rings is 1. The summed E-state index contributed by atoms with van der Waals surface area (Å²) >= 11 is 0. The Balaban J connectivity index is 2.71. The van der Waals surface area contributed by atoms with E-state index in [9.17, 15) is 14.4 Å². The molecule has 0 atom stereocenters. The molecule has 0 saturated heterocycles. The van der Waals surface area contributed by atoms with Gasteiger partial charge in [-0.3, -0.25) is 9.59 Å². The molecule has 0 fully saturated rings. The summed E-state index contributed by atoms with van der Waals surface area (Å²) in [5.74, 6) is -1.97.